The van der Waals surface area contributed by atoms with Gasteiger partial charge in [0.2, 0.25) is 0 Å². The highest BCUT2D eigenvalue weighted by atomic mass is 15.3. The van der Waals surface area contributed by atoms with Gasteiger partial charge in [0.25, 0.3) is 0 Å². The molecule has 0 aliphatic carbocycles. The fraction of sp³-hybridized carbons (Fsp3) is 0.625. The highest BCUT2D eigenvalue weighted by molar-refractivity contribution is 4.81. The Kier molecular flexibility index (Phi) is 3.11. The van der Waals surface area contributed by atoms with Crippen LogP contribution in [0.25, 0.3) is 0 Å². The molecule has 1 heterocycles. The van der Waals surface area contributed by atoms with Gasteiger partial charge in [0, 0.05) is 12.4 Å². The van der Waals surface area contributed by atoms with Gasteiger partial charge < -0.3 is 5.73 Å². The Morgan fingerprint density at radius 1 is 1.64 bits per heavy atom. The van der Waals surface area contributed by atoms with Gasteiger partial charge in [-0.1, -0.05) is 6.92 Å². The van der Waals surface area contributed by atoms with E-state index in [4.69, 9.17) is 5.73 Å². The molecule has 0 fully saturated rings. The molecule has 1 atom stereocenters. The van der Waals surface area contributed by atoms with E-state index in [0.29, 0.717) is 6.04 Å². The molecule has 3 nitrogen and oxygen atoms in total. The average Bonchev–Trinajstić information content (AvgIpc) is 2.52. The molecule has 11 heavy (non-hydrogen) atoms. The van der Waals surface area contributed by atoms with Crippen LogP contribution in [0.1, 0.15) is 25.8 Å². The van der Waals surface area contributed by atoms with E-state index < -0.39 is 0 Å². The molecule has 0 aromatic carbocycles. The summed E-state index contributed by atoms with van der Waals surface area (Å²) in [6.45, 7) is 2.89. The molecule has 1 unspecified atom stereocenters. The molecule has 0 aliphatic rings. The van der Waals surface area contributed by atoms with Crippen LogP contribution in [-0.4, -0.2) is 16.3 Å². The summed E-state index contributed by atoms with van der Waals surface area (Å²) in [6.07, 6.45) is 5.90. The molecule has 1 aromatic rings. The second-order valence-corrected chi connectivity index (χ2v) is 2.63. The van der Waals surface area contributed by atoms with Crippen LogP contribution in [-0.2, 0) is 0 Å². The Morgan fingerprint density at radius 2 is 2.45 bits per heavy atom. The van der Waals surface area contributed by atoms with Crippen LogP contribution in [0.5, 0.6) is 0 Å². The van der Waals surface area contributed by atoms with Crippen LogP contribution in [0, 0.1) is 0 Å². The van der Waals surface area contributed by atoms with E-state index >= 15 is 0 Å². The topological polar surface area (TPSA) is 43.8 Å². The van der Waals surface area contributed by atoms with Crippen LogP contribution in [0.2, 0.25) is 0 Å². The second-order valence-electron chi connectivity index (χ2n) is 2.63. The van der Waals surface area contributed by atoms with Gasteiger partial charge in [0.15, 0.2) is 0 Å². The summed E-state index contributed by atoms with van der Waals surface area (Å²) < 4.78 is 1.98. The molecular weight excluding hydrogens is 138 g/mol. The summed E-state index contributed by atoms with van der Waals surface area (Å²) in [6, 6.07) is 2.43. The van der Waals surface area contributed by atoms with Gasteiger partial charge in [-0.15, -0.1) is 0 Å². The number of nitrogens with zero attached hydrogens (tertiary/aromatic N) is 2. The monoisotopic (exact) mass is 153 g/mol. The Balaban J connectivity index is 2.56. The van der Waals surface area contributed by atoms with E-state index in [0.717, 1.165) is 19.4 Å². The van der Waals surface area contributed by atoms with Crippen molar-refractivity contribution in [2.45, 2.75) is 25.8 Å². The van der Waals surface area contributed by atoms with Crippen LogP contribution in [0.15, 0.2) is 18.5 Å². The zero-order valence-electron chi connectivity index (χ0n) is 6.90. The lowest BCUT2D eigenvalue weighted by Gasteiger charge is -2.13. The van der Waals surface area contributed by atoms with Crippen molar-refractivity contribution in [1.82, 2.24) is 9.78 Å². The maximum atomic E-state index is 5.47. The molecule has 0 radical (unpaired) electrons. The Bertz CT molecular complexity index is 181. The van der Waals surface area contributed by atoms with Crippen molar-refractivity contribution in [3.05, 3.63) is 18.5 Å². The molecule has 0 aliphatic heterocycles. The summed E-state index contributed by atoms with van der Waals surface area (Å²) in [4.78, 5) is 0. The standard InChI is InChI=1S/C8H15N3/c1-2-8(4-5-9)11-7-3-6-10-11/h3,6-8H,2,4-5,9H2,1H3. The first-order valence-corrected chi connectivity index (χ1v) is 4.07. The number of hydrogen-bond donors (Lipinski definition) is 1. The van der Waals surface area contributed by atoms with E-state index in [1.165, 1.54) is 0 Å². The number of aromatic nitrogens is 2. The summed E-state index contributed by atoms with van der Waals surface area (Å²) in [7, 11) is 0. The molecule has 0 spiro atoms. The fourth-order valence-electron chi connectivity index (χ4n) is 1.21. The van der Waals surface area contributed by atoms with Crippen LogP contribution in [0.3, 0.4) is 0 Å². The summed E-state index contributed by atoms with van der Waals surface area (Å²) >= 11 is 0. The SMILES string of the molecule is CCC(CCN)n1cccn1. The minimum absolute atomic E-state index is 0.481. The quantitative estimate of drug-likeness (QED) is 0.706. The van der Waals surface area contributed by atoms with E-state index in [1.54, 1.807) is 6.20 Å². The average molecular weight is 153 g/mol. The lowest BCUT2D eigenvalue weighted by Crippen LogP contribution is -2.13. The van der Waals surface area contributed by atoms with Crippen LogP contribution < -0.4 is 5.73 Å². The largest absolute Gasteiger partial charge is 0.330 e. The van der Waals surface area contributed by atoms with E-state index in [2.05, 4.69) is 12.0 Å². The van der Waals surface area contributed by atoms with Gasteiger partial charge in [-0.3, -0.25) is 4.68 Å². The third-order valence-electron chi connectivity index (χ3n) is 1.87. The van der Waals surface area contributed by atoms with Crippen molar-refractivity contribution < 1.29 is 0 Å². The summed E-state index contributed by atoms with van der Waals surface area (Å²) in [5.74, 6) is 0. The van der Waals surface area contributed by atoms with Gasteiger partial charge in [-0.25, -0.2) is 0 Å². The highest BCUT2D eigenvalue weighted by Crippen LogP contribution is 2.12. The molecule has 1 aromatic heterocycles. The van der Waals surface area contributed by atoms with E-state index in [9.17, 15) is 0 Å². The van der Waals surface area contributed by atoms with Crippen molar-refractivity contribution in [2.75, 3.05) is 6.54 Å². The maximum absolute atomic E-state index is 5.47. The molecule has 0 saturated heterocycles. The Morgan fingerprint density at radius 3 is 2.91 bits per heavy atom. The normalized spacial score (nSPS) is 13.3. The fourth-order valence-corrected chi connectivity index (χ4v) is 1.21. The summed E-state index contributed by atoms with van der Waals surface area (Å²) in [5.41, 5.74) is 5.47. The lowest BCUT2D eigenvalue weighted by atomic mass is 10.1. The minimum atomic E-state index is 0.481. The third-order valence-corrected chi connectivity index (χ3v) is 1.87. The minimum Gasteiger partial charge on any atom is -0.330 e. The highest BCUT2D eigenvalue weighted by Gasteiger charge is 2.05. The summed E-state index contributed by atoms with van der Waals surface area (Å²) in [5, 5.41) is 4.17. The van der Waals surface area contributed by atoms with Gasteiger partial charge in [-0.2, -0.15) is 5.10 Å². The first-order chi connectivity index (χ1) is 5.38. The molecule has 2 N–H and O–H groups in total. The zero-order chi connectivity index (χ0) is 8.10. The van der Waals surface area contributed by atoms with Crippen molar-refractivity contribution in [2.24, 2.45) is 5.73 Å². The molecular formula is C8H15N3. The van der Waals surface area contributed by atoms with Gasteiger partial charge >= 0.3 is 0 Å². The van der Waals surface area contributed by atoms with Gasteiger partial charge in [0.1, 0.15) is 0 Å². The van der Waals surface area contributed by atoms with Crippen LogP contribution in [0.4, 0.5) is 0 Å². The lowest BCUT2D eigenvalue weighted by molar-refractivity contribution is 0.418. The molecule has 62 valence electrons. The van der Waals surface area contributed by atoms with Crippen molar-refractivity contribution >= 4 is 0 Å². The maximum Gasteiger partial charge on any atom is 0.0528 e. The predicted octanol–water partition coefficient (Wildman–Crippen LogP) is 1.18. The van der Waals surface area contributed by atoms with Crippen molar-refractivity contribution in [3.63, 3.8) is 0 Å². The number of nitrogens with two attached hydrogens (primary N) is 1. The second kappa shape index (κ2) is 4.13. The van der Waals surface area contributed by atoms with Crippen molar-refractivity contribution in [1.29, 1.82) is 0 Å². The van der Waals surface area contributed by atoms with Gasteiger partial charge in [-0.05, 0) is 25.5 Å². The Labute approximate surface area is 67.2 Å². The molecule has 0 saturated carbocycles. The molecule has 3 heteroatoms. The molecule has 1 rings (SSSR count). The van der Waals surface area contributed by atoms with Crippen molar-refractivity contribution in [3.8, 4) is 0 Å². The first-order valence-electron chi connectivity index (χ1n) is 4.07. The van der Waals surface area contributed by atoms with E-state index in [-0.39, 0.29) is 0 Å². The van der Waals surface area contributed by atoms with E-state index in [1.807, 2.05) is 16.9 Å². The Hall–Kier alpha value is -0.830. The molecule has 0 bridgehead atoms. The number of hydrogen-bond acceptors (Lipinski definition) is 2. The number of rotatable bonds is 4. The van der Waals surface area contributed by atoms with Gasteiger partial charge in [0.05, 0.1) is 6.04 Å². The predicted molar refractivity (Wildman–Crippen MR) is 45.2 cm³/mol. The van der Waals surface area contributed by atoms with Crippen LogP contribution >= 0.6 is 0 Å². The first kappa shape index (κ1) is 8.27. The smallest absolute Gasteiger partial charge is 0.0528 e. The third kappa shape index (κ3) is 2.05. The molecule has 0 amide bonds. The zero-order valence-corrected chi connectivity index (χ0v) is 6.90.